The number of hydrogen-bond acceptors (Lipinski definition) is 3. The third-order valence-corrected chi connectivity index (χ3v) is 3.16. The molecule has 0 bridgehead atoms. The predicted octanol–water partition coefficient (Wildman–Crippen LogP) is 0.882. The van der Waals surface area contributed by atoms with Gasteiger partial charge in [-0.25, -0.2) is 0 Å². The van der Waals surface area contributed by atoms with Crippen LogP contribution in [-0.2, 0) is 4.79 Å². The smallest absolute Gasteiger partial charge is 0.150 e. The summed E-state index contributed by atoms with van der Waals surface area (Å²) in [4.78, 5) is 13.8. The molecule has 0 saturated carbocycles. The molecule has 1 fully saturated rings. The highest BCUT2D eigenvalue weighted by Crippen LogP contribution is 2.32. The Labute approximate surface area is 86.6 Å². The highest BCUT2D eigenvalue weighted by molar-refractivity contribution is 5.83. The van der Waals surface area contributed by atoms with Crippen molar-refractivity contribution in [3.05, 3.63) is 0 Å². The van der Waals surface area contributed by atoms with E-state index in [1.54, 1.807) is 0 Å². The zero-order valence-electron chi connectivity index (χ0n) is 9.55. The largest absolute Gasteiger partial charge is 0.324 e. The number of ketones is 1. The molecule has 1 unspecified atom stereocenters. The van der Waals surface area contributed by atoms with Crippen LogP contribution < -0.4 is 5.73 Å². The highest BCUT2D eigenvalue weighted by Gasteiger charge is 2.31. The van der Waals surface area contributed by atoms with Crippen LogP contribution in [0.25, 0.3) is 0 Å². The molecule has 14 heavy (non-hydrogen) atoms. The summed E-state index contributed by atoms with van der Waals surface area (Å²) in [6, 6.07) is 0. The van der Waals surface area contributed by atoms with Gasteiger partial charge in [-0.15, -0.1) is 0 Å². The molecule has 2 N–H and O–H groups in total. The van der Waals surface area contributed by atoms with Crippen molar-refractivity contribution in [2.75, 3.05) is 26.7 Å². The van der Waals surface area contributed by atoms with Gasteiger partial charge in [-0.3, -0.25) is 4.79 Å². The molecule has 0 aromatic carbocycles. The molecule has 3 heteroatoms. The minimum absolute atomic E-state index is 0.141. The molecule has 1 aliphatic rings. The number of hydrogen-bond donors (Lipinski definition) is 1. The third kappa shape index (κ3) is 3.07. The zero-order chi connectivity index (χ0) is 10.8. The van der Waals surface area contributed by atoms with Gasteiger partial charge >= 0.3 is 0 Å². The number of nitrogens with zero attached hydrogens (tertiary/aromatic N) is 1. The summed E-state index contributed by atoms with van der Waals surface area (Å²) in [5, 5.41) is 0. The minimum Gasteiger partial charge on any atom is -0.324 e. The molecule has 1 heterocycles. The first-order chi connectivity index (χ1) is 6.44. The molecule has 0 amide bonds. The summed E-state index contributed by atoms with van der Waals surface area (Å²) in [7, 11) is 2.08. The zero-order valence-corrected chi connectivity index (χ0v) is 9.55. The Morgan fingerprint density at radius 1 is 1.57 bits per heavy atom. The van der Waals surface area contributed by atoms with Crippen LogP contribution in [0.5, 0.6) is 0 Å². The first kappa shape index (κ1) is 11.7. The lowest BCUT2D eigenvalue weighted by atomic mass is 9.80. The third-order valence-electron chi connectivity index (χ3n) is 3.16. The van der Waals surface area contributed by atoms with Crippen molar-refractivity contribution in [2.45, 2.75) is 26.7 Å². The number of nitrogens with two attached hydrogens (primary N) is 1. The number of rotatable bonds is 2. The van der Waals surface area contributed by atoms with Crippen LogP contribution in [0.4, 0.5) is 0 Å². The van der Waals surface area contributed by atoms with Gasteiger partial charge in [0.1, 0.15) is 0 Å². The van der Waals surface area contributed by atoms with Crippen molar-refractivity contribution in [3.63, 3.8) is 0 Å². The molecule has 0 aromatic rings. The molecular weight excluding hydrogens is 176 g/mol. The minimum atomic E-state index is 0.141. The van der Waals surface area contributed by atoms with Crippen LogP contribution in [0, 0.1) is 11.3 Å². The Morgan fingerprint density at radius 2 is 2.21 bits per heavy atom. The quantitative estimate of drug-likeness (QED) is 0.716. The van der Waals surface area contributed by atoms with Gasteiger partial charge in [-0.2, -0.15) is 0 Å². The first-order valence-electron chi connectivity index (χ1n) is 5.36. The van der Waals surface area contributed by atoms with Gasteiger partial charge in [0.05, 0.1) is 6.54 Å². The average molecular weight is 198 g/mol. The fourth-order valence-electron chi connectivity index (χ4n) is 2.18. The van der Waals surface area contributed by atoms with Crippen molar-refractivity contribution < 1.29 is 4.79 Å². The standard InChI is InChI=1S/C11H22N2O/c1-11(2)4-5-13(3)8-9(6-11)10(14)7-12/h9H,4-8,12H2,1-3H3. The first-order valence-corrected chi connectivity index (χ1v) is 5.36. The van der Waals surface area contributed by atoms with Gasteiger partial charge in [0, 0.05) is 12.5 Å². The van der Waals surface area contributed by atoms with Gasteiger partial charge in [0.15, 0.2) is 5.78 Å². The van der Waals surface area contributed by atoms with Crippen molar-refractivity contribution >= 4 is 5.78 Å². The van der Waals surface area contributed by atoms with E-state index < -0.39 is 0 Å². The van der Waals surface area contributed by atoms with E-state index in [0.29, 0.717) is 0 Å². The summed E-state index contributed by atoms with van der Waals surface area (Å²) >= 11 is 0. The SMILES string of the molecule is CN1CCC(C)(C)CC(C(=O)CN)C1. The van der Waals surface area contributed by atoms with Crippen molar-refractivity contribution in [3.8, 4) is 0 Å². The van der Waals surface area contributed by atoms with E-state index in [9.17, 15) is 4.79 Å². The molecule has 1 aliphatic heterocycles. The topological polar surface area (TPSA) is 46.3 Å². The maximum atomic E-state index is 11.6. The molecule has 0 spiro atoms. The lowest BCUT2D eigenvalue weighted by Crippen LogP contribution is -2.32. The molecule has 3 nitrogen and oxygen atoms in total. The van der Waals surface area contributed by atoms with E-state index in [4.69, 9.17) is 5.73 Å². The monoisotopic (exact) mass is 198 g/mol. The van der Waals surface area contributed by atoms with Crippen LogP contribution in [-0.4, -0.2) is 37.4 Å². The lowest BCUT2D eigenvalue weighted by molar-refractivity contribution is -0.122. The summed E-state index contributed by atoms with van der Waals surface area (Å²) in [5.74, 6) is 0.356. The van der Waals surface area contributed by atoms with Gasteiger partial charge in [0.25, 0.3) is 0 Å². The number of Topliss-reactive ketones (excluding diaryl/α,β-unsaturated/α-hetero) is 1. The van der Waals surface area contributed by atoms with Crippen LogP contribution in [0.3, 0.4) is 0 Å². The van der Waals surface area contributed by atoms with Crippen molar-refractivity contribution in [1.82, 2.24) is 4.90 Å². The van der Waals surface area contributed by atoms with E-state index in [-0.39, 0.29) is 23.7 Å². The van der Waals surface area contributed by atoms with E-state index >= 15 is 0 Å². The Bertz CT molecular complexity index is 213. The molecule has 0 aliphatic carbocycles. The normalized spacial score (nSPS) is 28.4. The van der Waals surface area contributed by atoms with Crippen molar-refractivity contribution in [2.24, 2.45) is 17.1 Å². The van der Waals surface area contributed by atoms with Gasteiger partial charge in [-0.05, 0) is 31.8 Å². The highest BCUT2D eigenvalue weighted by atomic mass is 16.1. The second-order valence-electron chi connectivity index (χ2n) is 5.25. The van der Waals surface area contributed by atoms with Crippen LogP contribution in [0.2, 0.25) is 0 Å². The van der Waals surface area contributed by atoms with Crippen LogP contribution >= 0.6 is 0 Å². The maximum absolute atomic E-state index is 11.6. The predicted molar refractivity (Wildman–Crippen MR) is 58.1 cm³/mol. The summed E-state index contributed by atoms with van der Waals surface area (Å²) in [6.07, 6.45) is 2.14. The van der Waals surface area contributed by atoms with Crippen LogP contribution in [0.15, 0.2) is 0 Å². The summed E-state index contributed by atoms with van der Waals surface area (Å²) < 4.78 is 0. The number of carbonyl (C=O) groups is 1. The van der Waals surface area contributed by atoms with E-state index in [2.05, 4.69) is 25.8 Å². The Hall–Kier alpha value is -0.410. The Balaban J connectivity index is 2.69. The molecule has 0 radical (unpaired) electrons. The van der Waals surface area contributed by atoms with E-state index in [1.165, 1.54) is 0 Å². The number of carbonyl (C=O) groups excluding carboxylic acids is 1. The molecule has 1 rings (SSSR count). The molecule has 1 saturated heterocycles. The second-order valence-corrected chi connectivity index (χ2v) is 5.25. The second kappa shape index (κ2) is 4.41. The van der Waals surface area contributed by atoms with Crippen LogP contribution in [0.1, 0.15) is 26.7 Å². The van der Waals surface area contributed by atoms with E-state index in [0.717, 1.165) is 25.9 Å². The number of likely N-dealkylation sites (tertiary alicyclic amines) is 1. The van der Waals surface area contributed by atoms with Gasteiger partial charge in [-0.1, -0.05) is 13.8 Å². The molecule has 1 atom stereocenters. The molecule has 82 valence electrons. The fourth-order valence-corrected chi connectivity index (χ4v) is 2.18. The average Bonchev–Trinajstić information content (AvgIpc) is 2.24. The fraction of sp³-hybridized carbons (Fsp3) is 0.909. The van der Waals surface area contributed by atoms with Gasteiger partial charge in [0.2, 0.25) is 0 Å². The lowest BCUT2D eigenvalue weighted by Gasteiger charge is -2.24. The van der Waals surface area contributed by atoms with E-state index in [1.807, 2.05) is 0 Å². The molecule has 0 aromatic heterocycles. The Kier molecular flexibility index (Phi) is 3.67. The maximum Gasteiger partial charge on any atom is 0.150 e. The van der Waals surface area contributed by atoms with Gasteiger partial charge < -0.3 is 10.6 Å². The van der Waals surface area contributed by atoms with Crippen molar-refractivity contribution in [1.29, 1.82) is 0 Å². The summed E-state index contributed by atoms with van der Waals surface area (Å²) in [5.41, 5.74) is 5.70. The Morgan fingerprint density at radius 3 is 2.79 bits per heavy atom. The summed E-state index contributed by atoms with van der Waals surface area (Å²) in [6.45, 7) is 6.63. The molecular formula is C11H22N2O.